The van der Waals surface area contributed by atoms with Crippen LogP contribution in [0, 0.1) is 13.8 Å². The lowest BCUT2D eigenvalue weighted by Crippen LogP contribution is -2.44. The number of aliphatic hydroxyl groups is 1. The van der Waals surface area contributed by atoms with Gasteiger partial charge < -0.3 is 19.8 Å². The van der Waals surface area contributed by atoms with Crippen molar-refractivity contribution >= 4 is 11.8 Å². The van der Waals surface area contributed by atoms with Crippen molar-refractivity contribution in [3.05, 3.63) is 52.9 Å². The summed E-state index contributed by atoms with van der Waals surface area (Å²) >= 11 is 0. The Morgan fingerprint density at radius 3 is 2.50 bits per heavy atom. The van der Waals surface area contributed by atoms with Crippen LogP contribution < -0.4 is 5.32 Å². The van der Waals surface area contributed by atoms with Gasteiger partial charge in [-0.2, -0.15) is 0 Å². The molecular formula is C23H31N3O4. The van der Waals surface area contributed by atoms with Crippen molar-refractivity contribution in [2.75, 3.05) is 13.6 Å². The molecule has 0 saturated heterocycles. The van der Waals surface area contributed by atoms with Gasteiger partial charge in [-0.1, -0.05) is 35.5 Å². The average molecular weight is 414 g/mol. The van der Waals surface area contributed by atoms with E-state index in [2.05, 4.69) is 22.6 Å². The first-order valence-electron chi connectivity index (χ1n) is 10.4. The molecule has 3 rings (SSSR count). The van der Waals surface area contributed by atoms with E-state index in [1.54, 1.807) is 25.8 Å². The zero-order valence-electron chi connectivity index (χ0n) is 18.1. The van der Waals surface area contributed by atoms with Crippen molar-refractivity contribution in [1.29, 1.82) is 0 Å². The lowest BCUT2D eigenvalue weighted by molar-refractivity contribution is -0.119. The molecule has 2 N–H and O–H groups in total. The van der Waals surface area contributed by atoms with Crippen LogP contribution >= 0.6 is 0 Å². The first-order valence-corrected chi connectivity index (χ1v) is 10.4. The normalized spacial score (nSPS) is 24.2. The Morgan fingerprint density at radius 1 is 1.23 bits per heavy atom. The van der Waals surface area contributed by atoms with Gasteiger partial charge in [-0.3, -0.25) is 9.59 Å². The molecule has 1 aromatic heterocycles. The molecule has 0 radical (unpaired) electrons. The molecule has 30 heavy (non-hydrogen) atoms. The van der Waals surface area contributed by atoms with Crippen molar-refractivity contribution in [3.8, 4) is 0 Å². The maximum absolute atomic E-state index is 13.1. The van der Waals surface area contributed by atoms with E-state index >= 15 is 0 Å². The number of rotatable bonds is 5. The highest BCUT2D eigenvalue weighted by molar-refractivity contribution is 5.96. The highest BCUT2D eigenvalue weighted by atomic mass is 16.5. The molecule has 2 amide bonds. The molecule has 1 aliphatic rings. The number of aryl methyl sites for hydroxylation is 2. The summed E-state index contributed by atoms with van der Waals surface area (Å²) in [4.78, 5) is 26.4. The molecule has 162 valence electrons. The predicted octanol–water partition coefficient (Wildman–Crippen LogP) is 2.74. The van der Waals surface area contributed by atoms with E-state index in [0.29, 0.717) is 36.4 Å². The summed E-state index contributed by atoms with van der Waals surface area (Å²) < 4.78 is 5.15. The lowest BCUT2D eigenvalue weighted by Gasteiger charge is -2.34. The number of aromatic nitrogens is 1. The zero-order chi connectivity index (χ0) is 21.9. The lowest BCUT2D eigenvalue weighted by atomic mass is 9.74. The first kappa shape index (κ1) is 22.0. The minimum absolute atomic E-state index is 0.0719. The van der Waals surface area contributed by atoms with Crippen molar-refractivity contribution < 1.29 is 19.2 Å². The molecule has 7 nitrogen and oxygen atoms in total. The van der Waals surface area contributed by atoms with E-state index in [0.717, 1.165) is 18.4 Å². The maximum atomic E-state index is 13.1. The molecule has 1 heterocycles. The van der Waals surface area contributed by atoms with Crippen LogP contribution in [0.3, 0.4) is 0 Å². The number of benzene rings is 1. The molecule has 3 atom stereocenters. The third-order valence-electron chi connectivity index (χ3n) is 6.41. The number of nitrogens with zero attached hydrogens (tertiary/aromatic N) is 2. The Balaban J connectivity index is 1.85. The average Bonchev–Trinajstić information content (AvgIpc) is 2.97. The van der Waals surface area contributed by atoms with Crippen LogP contribution in [0.4, 0.5) is 0 Å². The van der Waals surface area contributed by atoms with Crippen LogP contribution in [0.2, 0.25) is 0 Å². The number of likely N-dealkylation sites (N-methyl/N-ethyl adjacent to an activating group) is 1. The highest BCUT2D eigenvalue weighted by Gasteiger charge is 2.40. The minimum atomic E-state index is -0.651. The van der Waals surface area contributed by atoms with Crippen molar-refractivity contribution in [3.63, 3.8) is 0 Å². The predicted molar refractivity (Wildman–Crippen MR) is 113 cm³/mol. The molecule has 1 fully saturated rings. The van der Waals surface area contributed by atoms with Gasteiger partial charge in [-0.05, 0) is 45.1 Å². The van der Waals surface area contributed by atoms with Gasteiger partial charge in [0.05, 0.1) is 17.8 Å². The highest BCUT2D eigenvalue weighted by Crippen LogP contribution is 2.39. The Labute approximate surface area is 177 Å². The standard InChI is InChI=1S/C23H31N3O4/c1-15-21(16(2)30-25-15)22(29)26(4)19-10-12-23(13-11-20(19)28,14-24-17(3)27)18-8-6-5-7-9-18/h5-9,19-20,28H,10-14H2,1-4H3,(H,24,27)/t19-,20-,23-/m1/s1. The summed E-state index contributed by atoms with van der Waals surface area (Å²) in [6.07, 6.45) is 1.99. The number of hydrogen-bond acceptors (Lipinski definition) is 5. The van der Waals surface area contributed by atoms with Crippen molar-refractivity contribution in [2.24, 2.45) is 0 Å². The largest absolute Gasteiger partial charge is 0.391 e. The fourth-order valence-corrected chi connectivity index (χ4v) is 4.58. The van der Waals surface area contributed by atoms with Crippen LogP contribution in [0.1, 0.15) is 60.0 Å². The summed E-state index contributed by atoms with van der Waals surface area (Å²) in [5, 5.41) is 17.8. The molecule has 7 heteroatoms. The molecule has 1 aromatic carbocycles. The van der Waals surface area contributed by atoms with Crippen LogP contribution in [-0.4, -0.2) is 52.7 Å². The second kappa shape index (κ2) is 9.00. The van der Waals surface area contributed by atoms with Gasteiger partial charge in [0.1, 0.15) is 11.3 Å². The summed E-state index contributed by atoms with van der Waals surface area (Å²) in [7, 11) is 1.73. The fraction of sp³-hybridized carbons (Fsp3) is 0.522. The van der Waals surface area contributed by atoms with Crippen LogP contribution in [-0.2, 0) is 10.2 Å². The van der Waals surface area contributed by atoms with E-state index in [4.69, 9.17) is 4.52 Å². The zero-order valence-corrected chi connectivity index (χ0v) is 18.1. The van der Waals surface area contributed by atoms with E-state index in [1.807, 2.05) is 18.2 Å². The quantitative estimate of drug-likeness (QED) is 0.735. The van der Waals surface area contributed by atoms with E-state index in [1.165, 1.54) is 6.92 Å². The van der Waals surface area contributed by atoms with Gasteiger partial charge in [0, 0.05) is 25.9 Å². The second-order valence-electron chi connectivity index (χ2n) is 8.38. The number of amides is 2. The Bertz CT molecular complexity index is 876. The molecular weight excluding hydrogens is 382 g/mol. The number of carbonyl (C=O) groups excluding carboxylic acids is 2. The smallest absolute Gasteiger partial charge is 0.259 e. The molecule has 2 aromatic rings. The topological polar surface area (TPSA) is 95.7 Å². The number of hydrogen-bond donors (Lipinski definition) is 2. The van der Waals surface area contributed by atoms with Crippen LogP contribution in [0.25, 0.3) is 0 Å². The van der Waals surface area contributed by atoms with Gasteiger partial charge in [0.25, 0.3) is 5.91 Å². The number of aliphatic hydroxyl groups excluding tert-OH is 1. The van der Waals surface area contributed by atoms with Gasteiger partial charge in [-0.15, -0.1) is 0 Å². The molecule has 0 spiro atoms. The van der Waals surface area contributed by atoms with E-state index in [9.17, 15) is 14.7 Å². The van der Waals surface area contributed by atoms with Gasteiger partial charge >= 0.3 is 0 Å². The summed E-state index contributed by atoms with van der Waals surface area (Å²) in [5.41, 5.74) is 1.87. The summed E-state index contributed by atoms with van der Waals surface area (Å²) in [5.74, 6) is 0.221. The van der Waals surface area contributed by atoms with E-state index in [-0.39, 0.29) is 23.3 Å². The van der Waals surface area contributed by atoms with Crippen molar-refractivity contribution in [1.82, 2.24) is 15.4 Å². The first-order chi connectivity index (χ1) is 14.2. The third-order valence-corrected chi connectivity index (χ3v) is 6.41. The van der Waals surface area contributed by atoms with E-state index < -0.39 is 6.10 Å². The number of nitrogens with one attached hydrogen (secondary N) is 1. The molecule has 0 unspecified atom stereocenters. The number of carbonyl (C=O) groups is 2. The second-order valence-corrected chi connectivity index (χ2v) is 8.38. The Morgan fingerprint density at radius 2 is 1.90 bits per heavy atom. The van der Waals surface area contributed by atoms with Gasteiger partial charge in [-0.25, -0.2) is 0 Å². The SMILES string of the molecule is CC(=O)NC[C@]1(c2ccccc2)CC[C@@H](O)[C@H](N(C)C(=O)c2c(C)noc2C)CC1. The third kappa shape index (κ3) is 4.41. The Kier molecular flexibility index (Phi) is 6.61. The molecule has 1 saturated carbocycles. The Hall–Kier alpha value is -2.67. The minimum Gasteiger partial charge on any atom is -0.391 e. The molecule has 1 aliphatic carbocycles. The monoisotopic (exact) mass is 413 g/mol. The van der Waals surface area contributed by atoms with Gasteiger partial charge in [0.2, 0.25) is 5.91 Å². The summed E-state index contributed by atoms with van der Waals surface area (Å²) in [6.45, 7) is 5.49. The van der Waals surface area contributed by atoms with Crippen LogP contribution in [0.15, 0.2) is 34.9 Å². The maximum Gasteiger partial charge on any atom is 0.259 e. The van der Waals surface area contributed by atoms with Crippen molar-refractivity contribution in [2.45, 2.75) is 64.0 Å². The summed E-state index contributed by atoms with van der Waals surface area (Å²) in [6, 6.07) is 9.79. The molecule has 0 aliphatic heterocycles. The fourth-order valence-electron chi connectivity index (χ4n) is 4.58. The van der Waals surface area contributed by atoms with Crippen LogP contribution in [0.5, 0.6) is 0 Å². The van der Waals surface area contributed by atoms with Gasteiger partial charge in [0.15, 0.2) is 0 Å². The molecule has 0 bridgehead atoms.